The van der Waals surface area contributed by atoms with Crippen LogP contribution in [0.3, 0.4) is 0 Å². The summed E-state index contributed by atoms with van der Waals surface area (Å²) in [5.41, 5.74) is 5.48. The Morgan fingerprint density at radius 3 is 2.17 bits per heavy atom. The standard InChI is InChI=1S/C8H15NO2.Na.H/c9-5-6-1-3-7(4-2-6)8(10)11;;/h6-7H,1-5,9H2,(H,10,11);;/t6-,7-;;. The topological polar surface area (TPSA) is 63.3 Å². The van der Waals surface area contributed by atoms with E-state index in [-0.39, 0.29) is 35.5 Å². The fraction of sp³-hybridized carbons (Fsp3) is 0.875. The van der Waals surface area contributed by atoms with Crippen LogP contribution in [-0.4, -0.2) is 47.2 Å². The minimum absolute atomic E-state index is 0. The van der Waals surface area contributed by atoms with E-state index in [0.717, 1.165) is 25.7 Å². The SMILES string of the molecule is NC[C@H]1CC[C@H](C(=O)O)CC1.[NaH]. The molecule has 0 aromatic rings. The Morgan fingerprint density at radius 2 is 1.83 bits per heavy atom. The van der Waals surface area contributed by atoms with Gasteiger partial charge in [-0.05, 0) is 38.1 Å². The molecule has 0 radical (unpaired) electrons. The van der Waals surface area contributed by atoms with E-state index in [0.29, 0.717) is 12.5 Å². The monoisotopic (exact) mass is 181 g/mol. The van der Waals surface area contributed by atoms with Gasteiger partial charge in [0.25, 0.3) is 0 Å². The Balaban J connectivity index is 0.00000121. The zero-order chi connectivity index (χ0) is 8.27. The van der Waals surface area contributed by atoms with Crippen LogP contribution in [0.1, 0.15) is 25.7 Å². The molecule has 12 heavy (non-hydrogen) atoms. The Labute approximate surface area is 95.0 Å². The molecule has 0 bridgehead atoms. The molecule has 0 aliphatic heterocycles. The third-order valence-electron chi connectivity index (χ3n) is 2.53. The van der Waals surface area contributed by atoms with Crippen molar-refractivity contribution in [3.63, 3.8) is 0 Å². The number of carbonyl (C=O) groups is 1. The van der Waals surface area contributed by atoms with Crippen molar-refractivity contribution in [2.75, 3.05) is 6.54 Å². The van der Waals surface area contributed by atoms with Gasteiger partial charge in [0.15, 0.2) is 0 Å². The number of hydrogen-bond acceptors (Lipinski definition) is 2. The van der Waals surface area contributed by atoms with E-state index in [1.165, 1.54) is 0 Å². The van der Waals surface area contributed by atoms with E-state index < -0.39 is 5.97 Å². The molecule has 1 saturated carbocycles. The van der Waals surface area contributed by atoms with Gasteiger partial charge >= 0.3 is 35.5 Å². The molecule has 0 amide bonds. The van der Waals surface area contributed by atoms with Crippen LogP contribution in [0.4, 0.5) is 0 Å². The predicted octanol–water partition coefficient (Wildman–Crippen LogP) is 0.188. The Bertz CT molecular complexity index is 144. The quantitative estimate of drug-likeness (QED) is 0.598. The van der Waals surface area contributed by atoms with Crippen LogP contribution in [0.15, 0.2) is 0 Å². The number of aliphatic carboxylic acids is 1. The second-order valence-corrected chi connectivity index (χ2v) is 3.29. The summed E-state index contributed by atoms with van der Waals surface area (Å²) in [5.74, 6) is -0.163. The van der Waals surface area contributed by atoms with Gasteiger partial charge < -0.3 is 10.8 Å². The molecule has 3 nitrogen and oxygen atoms in total. The average Bonchev–Trinajstić information content (AvgIpc) is 2.05. The van der Waals surface area contributed by atoms with Crippen molar-refractivity contribution in [2.45, 2.75) is 25.7 Å². The first kappa shape index (κ1) is 12.4. The van der Waals surface area contributed by atoms with Crippen LogP contribution in [0.25, 0.3) is 0 Å². The van der Waals surface area contributed by atoms with Crippen LogP contribution in [0, 0.1) is 11.8 Å². The summed E-state index contributed by atoms with van der Waals surface area (Å²) in [6.45, 7) is 0.715. The number of nitrogens with two attached hydrogens (primary N) is 1. The van der Waals surface area contributed by atoms with Gasteiger partial charge in [0.1, 0.15) is 0 Å². The van der Waals surface area contributed by atoms with Crippen molar-refractivity contribution in [3.05, 3.63) is 0 Å². The molecule has 1 rings (SSSR count). The zero-order valence-corrected chi connectivity index (χ0v) is 6.62. The third kappa shape index (κ3) is 3.44. The van der Waals surface area contributed by atoms with Crippen molar-refractivity contribution in [1.29, 1.82) is 0 Å². The summed E-state index contributed by atoms with van der Waals surface area (Å²) in [6.07, 6.45) is 3.62. The molecule has 0 saturated heterocycles. The average molecular weight is 181 g/mol. The van der Waals surface area contributed by atoms with E-state index in [1.54, 1.807) is 0 Å². The van der Waals surface area contributed by atoms with Gasteiger partial charge in [-0.25, -0.2) is 0 Å². The maximum absolute atomic E-state index is 10.5. The summed E-state index contributed by atoms with van der Waals surface area (Å²) in [5, 5.41) is 8.67. The van der Waals surface area contributed by atoms with Crippen molar-refractivity contribution >= 4 is 35.5 Å². The van der Waals surface area contributed by atoms with E-state index in [9.17, 15) is 4.79 Å². The first-order chi connectivity index (χ1) is 5.24. The van der Waals surface area contributed by atoms with Crippen molar-refractivity contribution in [3.8, 4) is 0 Å². The van der Waals surface area contributed by atoms with Crippen LogP contribution in [0.2, 0.25) is 0 Å². The van der Waals surface area contributed by atoms with Crippen molar-refractivity contribution in [1.82, 2.24) is 0 Å². The number of rotatable bonds is 2. The van der Waals surface area contributed by atoms with E-state index in [1.807, 2.05) is 0 Å². The van der Waals surface area contributed by atoms with Gasteiger partial charge in [0.2, 0.25) is 0 Å². The fourth-order valence-electron chi connectivity index (χ4n) is 1.65. The molecule has 0 spiro atoms. The number of carboxylic acid groups (broad SMARTS) is 1. The van der Waals surface area contributed by atoms with Crippen molar-refractivity contribution in [2.24, 2.45) is 17.6 Å². The fourth-order valence-corrected chi connectivity index (χ4v) is 1.65. The molecule has 0 atom stereocenters. The molecule has 0 unspecified atom stereocenters. The molecule has 0 aromatic heterocycles. The van der Waals surface area contributed by atoms with Crippen molar-refractivity contribution < 1.29 is 9.90 Å². The van der Waals surface area contributed by atoms with E-state index in [2.05, 4.69) is 0 Å². The predicted molar refractivity (Wildman–Crippen MR) is 49.3 cm³/mol. The number of hydrogen-bond donors (Lipinski definition) is 2. The second-order valence-electron chi connectivity index (χ2n) is 3.29. The Morgan fingerprint density at radius 1 is 1.33 bits per heavy atom. The van der Waals surface area contributed by atoms with Gasteiger partial charge in [0, 0.05) is 0 Å². The summed E-state index contributed by atoms with van der Waals surface area (Å²) in [7, 11) is 0. The molecule has 1 aliphatic carbocycles. The first-order valence-corrected chi connectivity index (χ1v) is 4.17. The number of carboxylic acids is 1. The van der Waals surface area contributed by atoms with E-state index >= 15 is 0 Å². The minimum atomic E-state index is -0.638. The van der Waals surface area contributed by atoms with Gasteiger partial charge in [-0.1, -0.05) is 0 Å². The van der Waals surface area contributed by atoms with Crippen LogP contribution >= 0.6 is 0 Å². The molecule has 3 N–H and O–H groups in total. The second kappa shape index (κ2) is 5.97. The van der Waals surface area contributed by atoms with Gasteiger partial charge in [-0.3, -0.25) is 4.79 Å². The maximum atomic E-state index is 10.5. The molecule has 0 heterocycles. The summed E-state index contributed by atoms with van der Waals surface area (Å²) in [4.78, 5) is 10.5. The van der Waals surface area contributed by atoms with E-state index in [4.69, 9.17) is 10.8 Å². The zero-order valence-electron chi connectivity index (χ0n) is 6.62. The van der Waals surface area contributed by atoms with Crippen LogP contribution in [0.5, 0.6) is 0 Å². The Kier molecular flexibility index (Phi) is 6.19. The Hall–Kier alpha value is 0.430. The van der Waals surface area contributed by atoms with Gasteiger partial charge in [-0.2, -0.15) is 0 Å². The molecule has 1 aliphatic rings. The molecule has 1 fully saturated rings. The summed E-state index contributed by atoms with van der Waals surface area (Å²) >= 11 is 0. The van der Waals surface area contributed by atoms with Crippen LogP contribution in [-0.2, 0) is 4.79 Å². The summed E-state index contributed by atoms with van der Waals surface area (Å²) < 4.78 is 0. The molecular weight excluding hydrogens is 165 g/mol. The first-order valence-electron chi connectivity index (χ1n) is 4.17. The van der Waals surface area contributed by atoms with Crippen LogP contribution < -0.4 is 5.73 Å². The third-order valence-corrected chi connectivity index (χ3v) is 2.53. The van der Waals surface area contributed by atoms with Gasteiger partial charge in [0.05, 0.1) is 5.92 Å². The molecule has 4 heteroatoms. The molecule has 0 aromatic carbocycles. The van der Waals surface area contributed by atoms with Gasteiger partial charge in [-0.15, -0.1) is 0 Å². The normalized spacial score (nSPS) is 29.1. The summed E-state index contributed by atoms with van der Waals surface area (Å²) in [6, 6.07) is 0. The molecule has 66 valence electrons. The molecular formula is C8H16NNaO2.